The van der Waals surface area contributed by atoms with Crippen LogP contribution in [0.25, 0.3) is 0 Å². The van der Waals surface area contributed by atoms with Gasteiger partial charge in [0.05, 0.1) is 26.9 Å². The second kappa shape index (κ2) is 6.34. The molecule has 21 heavy (non-hydrogen) atoms. The first kappa shape index (κ1) is 14.8. The highest BCUT2D eigenvalue weighted by Gasteiger charge is 2.50. The van der Waals surface area contributed by atoms with Crippen molar-refractivity contribution in [2.75, 3.05) is 46.6 Å². The fraction of sp³-hybridized carbons (Fsp3) is 0.647. The Bertz CT molecular complexity index is 479. The van der Waals surface area contributed by atoms with Crippen LogP contribution in [-0.2, 0) is 16.0 Å². The van der Waals surface area contributed by atoms with E-state index in [-0.39, 0.29) is 5.41 Å². The van der Waals surface area contributed by atoms with Gasteiger partial charge in [0.1, 0.15) is 5.75 Å². The van der Waals surface area contributed by atoms with E-state index in [1.54, 1.807) is 7.11 Å². The van der Waals surface area contributed by atoms with Crippen LogP contribution in [0.3, 0.4) is 0 Å². The molecule has 0 spiro atoms. The summed E-state index contributed by atoms with van der Waals surface area (Å²) in [5, 5.41) is 0. The highest BCUT2D eigenvalue weighted by Crippen LogP contribution is 2.42. The van der Waals surface area contributed by atoms with Crippen molar-refractivity contribution in [1.29, 1.82) is 0 Å². The van der Waals surface area contributed by atoms with Crippen molar-refractivity contribution in [2.45, 2.75) is 13.5 Å². The molecule has 0 N–H and O–H groups in total. The van der Waals surface area contributed by atoms with Crippen LogP contribution in [0.1, 0.15) is 12.5 Å². The third-order valence-electron chi connectivity index (χ3n) is 4.73. The molecule has 0 bridgehead atoms. The number of fused-ring (bicyclic) bond motifs is 1. The maximum atomic E-state index is 5.73. The van der Waals surface area contributed by atoms with Crippen LogP contribution in [0.5, 0.6) is 5.75 Å². The Labute approximate surface area is 127 Å². The van der Waals surface area contributed by atoms with Gasteiger partial charge in [-0.2, -0.15) is 0 Å². The van der Waals surface area contributed by atoms with Crippen LogP contribution in [0.4, 0.5) is 0 Å². The van der Waals surface area contributed by atoms with Gasteiger partial charge >= 0.3 is 0 Å². The molecule has 2 atom stereocenters. The van der Waals surface area contributed by atoms with Crippen LogP contribution in [0.15, 0.2) is 24.3 Å². The quantitative estimate of drug-likeness (QED) is 0.804. The molecule has 0 amide bonds. The lowest BCUT2D eigenvalue weighted by molar-refractivity contribution is 0.0323. The first-order chi connectivity index (χ1) is 10.3. The van der Waals surface area contributed by atoms with E-state index < -0.39 is 0 Å². The van der Waals surface area contributed by atoms with Crippen LogP contribution >= 0.6 is 0 Å². The van der Waals surface area contributed by atoms with Crippen LogP contribution in [0, 0.1) is 11.3 Å². The molecular formula is C17H25NO3. The zero-order chi connectivity index (χ0) is 14.7. The van der Waals surface area contributed by atoms with Crippen molar-refractivity contribution in [3.05, 3.63) is 29.8 Å². The smallest absolute Gasteiger partial charge is 0.119 e. The van der Waals surface area contributed by atoms with Gasteiger partial charge in [-0.3, -0.25) is 4.90 Å². The first-order valence-electron chi connectivity index (χ1n) is 7.76. The van der Waals surface area contributed by atoms with E-state index in [4.69, 9.17) is 14.2 Å². The molecule has 0 unspecified atom stereocenters. The van der Waals surface area contributed by atoms with Crippen molar-refractivity contribution >= 4 is 0 Å². The number of hydrogen-bond acceptors (Lipinski definition) is 4. The molecule has 0 saturated carbocycles. The predicted molar refractivity (Wildman–Crippen MR) is 81.5 cm³/mol. The number of likely N-dealkylation sites (tertiary alicyclic amines) is 1. The molecule has 1 aromatic carbocycles. The molecule has 116 valence electrons. The third-order valence-corrected chi connectivity index (χ3v) is 4.73. The Morgan fingerprint density at radius 3 is 3.14 bits per heavy atom. The van der Waals surface area contributed by atoms with Gasteiger partial charge in [0.25, 0.3) is 0 Å². The summed E-state index contributed by atoms with van der Waals surface area (Å²) in [7, 11) is 1.72. The van der Waals surface area contributed by atoms with E-state index >= 15 is 0 Å². The number of methoxy groups -OCH3 is 1. The molecule has 2 saturated heterocycles. The Morgan fingerprint density at radius 1 is 1.43 bits per heavy atom. The van der Waals surface area contributed by atoms with E-state index in [0.29, 0.717) is 5.92 Å². The number of rotatable bonds is 6. The van der Waals surface area contributed by atoms with E-state index in [1.807, 2.05) is 6.07 Å². The Balaban J connectivity index is 1.65. The van der Waals surface area contributed by atoms with Crippen molar-refractivity contribution in [2.24, 2.45) is 11.3 Å². The fourth-order valence-electron chi connectivity index (χ4n) is 3.60. The average molecular weight is 291 g/mol. The van der Waals surface area contributed by atoms with Gasteiger partial charge in [-0.1, -0.05) is 12.1 Å². The molecular weight excluding hydrogens is 266 g/mol. The molecule has 4 heteroatoms. The summed E-state index contributed by atoms with van der Waals surface area (Å²) in [6.07, 6.45) is 0. The minimum Gasteiger partial charge on any atom is -0.497 e. The Kier molecular flexibility index (Phi) is 4.48. The zero-order valence-corrected chi connectivity index (χ0v) is 13.0. The SMILES string of the molecule is CCOC[C@]12COC[C@H]1CN(Cc1cccc(OC)c1)C2. The summed E-state index contributed by atoms with van der Waals surface area (Å²) < 4.78 is 16.8. The normalized spacial score (nSPS) is 28.8. The molecule has 1 aromatic rings. The monoisotopic (exact) mass is 291 g/mol. The lowest BCUT2D eigenvalue weighted by Crippen LogP contribution is -2.35. The fourth-order valence-corrected chi connectivity index (χ4v) is 3.60. The molecule has 4 nitrogen and oxygen atoms in total. The summed E-state index contributed by atoms with van der Waals surface area (Å²) in [6, 6.07) is 8.35. The molecule has 0 aliphatic carbocycles. The van der Waals surface area contributed by atoms with Gasteiger partial charge in [0, 0.05) is 37.6 Å². The maximum absolute atomic E-state index is 5.73. The summed E-state index contributed by atoms with van der Waals surface area (Å²) in [5.74, 6) is 1.54. The van der Waals surface area contributed by atoms with Crippen molar-refractivity contribution in [3.8, 4) is 5.75 Å². The van der Waals surface area contributed by atoms with E-state index in [0.717, 1.165) is 51.8 Å². The zero-order valence-electron chi connectivity index (χ0n) is 13.0. The number of benzene rings is 1. The predicted octanol–water partition coefficient (Wildman–Crippen LogP) is 2.18. The van der Waals surface area contributed by atoms with Gasteiger partial charge in [-0.05, 0) is 24.6 Å². The van der Waals surface area contributed by atoms with E-state index in [2.05, 4.69) is 30.0 Å². The Morgan fingerprint density at radius 2 is 2.33 bits per heavy atom. The van der Waals surface area contributed by atoms with Gasteiger partial charge in [-0.25, -0.2) is 0 Å². The molecule has 2 aliphatic rings. The van der Waals surface area contributed by atoms with Gasteiger partial charge in [0.15, 0.2) is 0 Å². The number of nitrogens with zero attached hydrogens (tertiary/aromatic N) is 1. The highest BCUT2D eigenvalue weighted by atomic mass is 16.5. The van der Waals surface area contributed by atoms with Crippen molar-refractivity contribution < 1.29 is 14.2 Å². The molecule has 3 rings (SSSR count). The summed E-state index contributed by atoms with van der Waals surface area (Å²) in [4.78, 5) is 2.53. The molecule has 2 aliphatic heterocycles. The van der Waals surface area contributed by atoms with E-state index in [1.165, 1.54) is 5.56 Å². The standard InChI is InChI=1S/C17H25NO3/c1-3-20-12-17-11-18(9-15(17)10-21-13-17)8-14-5-4-6-16(7-14)19-2/h4-7,15H,3,8-13H2,1-2H3/t15-,17-/m1/s1. The number of hydrogen-bond donors (Lipinski definition) is 0. The molecule has 2 heterocycles. The largest absolute Gasteiger partial charge is 0.497 e. The topological polar surface area (TPSA) is 30.9 Å². The van der Waals surface area contributed by atoms with Gasteiger partial charge < -0.3 is 14.2 Å². The van der Waals surface area contributed by atoms with E-state index in [9.17, 15) is 0 Å². The minimum atomic E-state index is 0.203. The first-order valence-corrected chi connectivity index (χ1v) is 7.76. The molecule has 2 fully saturated rings. The van der Waals surface area contributed by atoms with Crippen LogP contribution in [-0.4, -0.2) is 51.5 Å². The van der Waals surface area contributed by atoms with Gasteiger partial charge in [0.2, 0.25) is 0 Å². The summed E-state index contributed by atoms with van der Waals surface area (Å²) in [5.41, 5.74) is 1.51. The average Bonchev–Trinajstić information content (AvgIpc) is 3.02. The van der Waals surface area contributed by atoms with Gasteiger partial charge in [-0.15, -0.1) is 0 Å². The second-order valence-corrected chi connectivity index (χ2v) is 6.23. The summed E-state index contributed by atoms with van der Waals surface area (Å²) in [6.45, 7) is 8.52. The number of ether oxygens (including phenoxy) is 3. The highest BCUT2D eigenvalue weighted by molar-refractivity contribution is 5.28. The molecule has 0 aromatic heterocycles. The maximum Gasteiger partial charge on any atom is 0.119 e. The minimum absolute atomic E-state index is 0.203. The van der Waals surface area contributed by atoms with Crippen LogP contribution in [0.2, 0.25) is 0 Å². The summed E-state index contributed by atoms with van der Waals surface area (Å²) >= 11 is 0. The Hall–Kier alpha value is -1.10. The second-order valence-electron chi connectivity index (χ2n) is 6.23. The lowest BCUT2D eigenvalue weighted by Gasteiger charge is -2.26. The van der Waals surface area contributed by atoms with Crippen molar-refractivity contribution in [3.63, 3.8) is 0 Å². The third kappa shape index (κ3) is 3.07. The molecule has 0 radical (unpaired) electrons. The lowest BCUT2D eigenvalue weighted by atomic mass is 9.82. The van der Waals surface area contributed by atoms with Crippen LogP contribution < -0.4 is 4.74 Å². The van der Waals surface area contributed by atoms with Crippen molar-refractivity contribution in [1.82, 2.24) is 4.90 Å².